The van der Waals surface area contributed by atoms with Crippen LogP contribution in [0, 0.1) is 47.5 Å². The molecule has 400 valence electrons. The highest BCUT2D eigenvalue weighted by molar-refractivity contribution is 9.10. The lowest BCUT2D eigenvalue weighted by Crippen LogP contribution is -2.34. The number of hydrogen-bond acceptors (Lipinski definition) is 0. The van der Waals surface area contributed by atoms with Crippen LogP contribution in [0.5, 0.6) is 0 Å². The molecule has 81 heavy (non-hydrogen) atoms. The lowest BCUT2D eigenvalue weighted by Gasteiger charge is -2.38. The molecule has 0 saturated heterocycles. The van der Waals surface area contributed by atoms with Gasteiger partial charge in [-0.15, -0.1) is 0 Å². The molecule has 3 unspecified atom stereocenters. The van der Waals surface area contributed by atoms with Gasteiger partial charge >= 0.3 is 0 Å². The van der Waals surface area contributed by atoms with E-state index in [2.05, 4.69) is 287 Å². The van der Waals surface area contributed by atoms with Gasteiger partial charge < -0.3 is 0 Å². The lowest BCUT2D eigenvalue weighted by atomic mass is 9.63. The van der Waals surface area contributed by atoms with Crippen molar-refractivity contribution in [1.82, 2.24) is 0 Å². The van der Waals surface area contributed by atoms with Gasteiger partial charge in [0.1, 0.15) is 0 Å². The average molecular weight is 1180 g/mol. The molecule has 0 N–H and O–H groups in total. The highest BCUT2D eigenvalue weighted by atomic mass is 79.9. The van der Waals surface area contributed by atoms with Crippen LogP contribution < -0.4 is 0 Å². The maximum atomic E-state index is 4.09. The summed E-state index contributed by atoms with van der Waals surface area (Å²) in [5, 5.41) is 0. The van der Waals surface area contributed by atoms with Crippen LogP contribution in [0.25, 0.3) is 44.5 Å². The average Bonchev–Trinajstić information content (AvgIpc) is 1.62. The molecule has 0 aliphatic heterocycles. The molecule has 0 amide bonds. The summed E-state index contributed by atoms with van der Waals surface area (Å²) in [4.78, 5) is 0. The molecule has 2 heteroatoms. The lowest BCUT2D eigenvalue weighted by molar-refractivity contribution is 0.461. The fraction of sp³-hybridized carbons (Fsp3) is 0.266. The summed E-state index contributed by atoms with van der Waals surface area (Å²) in [5.41, 5.74) is 39.0. The standard InChI is InChI=1S/C79H70Br2/c1-41-27-57-58-28-42(2)46(6)32-66(58)78(65(57)31-45(41)5)69-35-53(80)23-25-55(69)61-37-71-63(39-73(61)78)64-40-74-62(38-72(64)77(71,51-19-15-49(16-20-51)75(9,10)11)52-21-17-50(18-22-52)76(12,13)14)56-26-24-54(81)36-70(56)79(74)67-33-47(7)43(3)29-59(67)60-30-44(4)48(8)34-68(60)79/h15-40,57,65H,1-14H3. The van der Waals surface area contributed by atoms with E-state index in [1.165, 1.54) is 167 Å². The Kier molecular flexibility index (Phi) is 10.6. The van der Waals surface area contributed by atoms with E-state index >= 15 is 0 Å². The second kappa shape index (κ2) is 16.8. The molecule has 6 aliphatic carbocycles. The maximum absolute atomic E-state index is 4.09. The van der Waals surface area contributed by atoms with Crippen molar-refractivity contribution in [2.75, 3.05) is 0 Å². The topological polar surface area (TPSA) is 0 Å². The van der Waals surface area contributed by atoms with Crippen LogP contribution in [0.1, 0.15) is 173 Å². The van der Waals surface area contributed by atoms with Crippen LogP contribution >= 0.6 is 31.9 Å². The molecule has 6 aliphatic rings. The van der Waals surface area contributed by atoms with Crippen LogP contribution in [0.4, 0.5) is 0 Å². The molecule has 0 aromatic heterocycles. The third kappa shape index (κ3) is 6.53. The predicted octanol–water partition coefficient (Wildman–Crippen LogP) is 21.3. The molecule has 3 atom stereocenters. The highest BCUT2D eigenvalue weighted by Crippen LogP contribution is 2.71. The van der Waals surface area contributed by atoms with Gasteiger partial charge in [0.15, 0.2) is 0 Å². The first kappa shape index (κ1) is 51.3. The van der Waals surface area contributed by atoms with Crippen molar-refractivity contribution in [3.63, 3.8) is 0 Å². The van der Waals surface area contributed by atoms with E-state index in [1.54, 1.807) is 0 Å². The number of hydrogen-bond donors (Lipinski definition) is 0. The largest absolute Gasteiger partial charge is 0.0757 e. The molecule has 0 nitrogen and oxygen atoms in total. The Labute approximate surface area is 497 Å². The van der Waals surface area contributed by atoms with E-state index in [0.29, 0.717) is 0 Å². The third-order valence-corrected chi connectivity index (χ3v) is 22.2. The van der Waals surface area contributed by atoms with Gasteiger partial charge in [0.2, 0.25) is 0 Å². The Morgan fingerprint density at radius 1 is 0.321 bits per heavy atom. The Bertz CT molecular complexity index is 4290. The van der Waals surface area contributed by atoms with Crippen molar-refractivity contribution in [1.29, 1.82) is 0 Å². The number of fused-ring (bicyclic) bond motifs is 23. The Morgan fingerprint density at radius 3 is 1.17 bits per heavy atom. The van der Waals surface area contributed by atoms with Crippen molar-refractivity contribution >= 4 is 31.9 Å². The molecule has 0 bridgehead atoms. The van der Waals surface area contributed by atoms with Gasteiger partial charge in [-0.05, 0) is 271 Å². The van der Waals surface area contributed by atoms with Crippen LogP contribution in [-0.4, -0.2) is 0 Å². The maximum Gasteiger partial charge on any atom is 0.0726 e. The number of rotatable bonds is 2. The first-order chi connectivity index (χ1) is 38.5. The Balaban J connectivity index is 1.13. The van der Waals surface area contributed by atoms with Gasteiger partial charge in [-0.3, -0.25) is 0 Å². The van der Waals surface area contributed by atoms with E-state index in [4.69, 9.17) is 0 Å². The summed E-state index contributed by atoms with van der Waals surface area (Å²) >= 11 is 8.17. The first-order valence-electron chi connectivity index (χ1n) is 29.4. The van der Waals surface area contributed by atoms with Crippen LogP contribution in [-0.2, 0) is 27.1 Å². The molecule has 9 aromatic carbocycles. The van der Waals surface area contributed by atoms with Gasteiger partial charge in [-0.2, -0.15) is 0 Å². The van der Waals surface area contributed by atoms with E-state index in [9.17, 15) is 0 Å². The minimum Gasteiger partial charge on any atom is -0.0757 e. The molecule has 9 aromatic rings. The number of allylic oxidation sites excluding steroid dienone is 4. The summed E-state index contributed by atoms with van der Waals surface area (Å²) < 4.78 is 2.22. The smallest absolute Gasteiger partial charge is 0.0726 e. The fourth-order valence-corrected chi connectivity index (χ4v) is 17.3. The van der Waals surface area contributed by atoms with Crippen LogP contribution in [0.15, 0.2) is 178 Å². The minimum absolute atomic E-state index is 0.0145. The third-order valence-electron chi connectivity index (χ3n) is 21.2. The molecule has 0 fully saturated rings. The zero-order chi connectivity index (χ0) is 56.5. The van der Waals surface area contributed by atoms with Gasteiger partial charge in [0.25, 0.3) is 0 Å². The van der Waals surface area contributed by atoms with E-state index in [0.717, 1.165) is 8.95 Å². The minimum atomic E-state index is -0.685. The number of aryl methyl sites for hydroxylation is 6. The van der Waals surface area contributed by atoms with Crippen molar-refractivity contribution < 1.29 is 0 Å². The summed E-state index contributed by atoms with van der Waals surface area (Å²) in [6.45, 7) is 32.5. The van der Waals surface area contributed by atoms with Crippen molar-refractivity contribution in [3.05, 3.63) is 289 Å². The van der Waals surface area contributed by atoms with Crippen molar-refractivity contribution in [2.24, 2.45) is 5.92 Å². The monoisotopic (exact) mass is 1180 g/mol. The van der Waals surface area contributed by atoms with Gasteiger partial charge in [-0.25, -0.2) is 0 Å². The highest BCUT2D eigenvalue weighted by Gasteiger charge is 2.60. The zero-order valence-electron chi connectivity index (χ0n) is 49.4. The van der Waals surface area contributed by atoms with E-state index < -0.39 is 16.2 Å². The second-order valence-electron chi connectivity index (χ2n) is 27.5. The van der Waals surface area contributed by atoms with Gasteiger partial charge in [-0.1, -0.05) is 194 Å². The van der Waals surface area contributed by atoms with Gasteiger partial charge in [0, 0.05) is 20.8 Å². The number of benzene rings is 9. The molecular weight excluding hydrogens is 1110 g/mol. The van der Waals surface area contributed by atoms with Crippen LogP contribution in [0.3, 0.4) is 0 Å². The second-order valence-corrected chi connectivity index (χ2v) is 29.3. The molecule has 0 heterocycles. The van der Waals surface area contributed by atoms with Crippen LogP contribution in [0.2, 0.25) is 0 Å². The molecule has 0 saturated carbocycles. The predicted molar refractivity (Wildman–Crippen MR) is 347 cm³/mol. The molecule has 0 radical (unpaired) electrons. The Morgan fingerprint density at radius 2 is 0.667 bits per heavy atom. The van der Waals surface area contributed by atoms with Crippen molar-refractivity contribution in [3.8, 4) is 44.5 Å². The number of halogens is 2. The summed E-state index contributed by atoms with van der Waals surface area (Å²) in [6, 6.07) is 60.1. The van der Waals surface area contributed by atoms with Gasteiger partial charge in [0.05, 0.1) is 16.2 Å². The van der Waals surface area contributed by atoms with E-state index in [-0.39, 0.29) is 22.7 Å². The zero-order valence-corrected chi connectivity index (χ0v) is 52.6. The Hall–Kier alpha value is -6.58. The summed E-state index contributed by atoms with van der Waals surface area (Å²) in [5.74, 6) is 0.428. The molecule has 15 rings (SSSR count). The van der Waals surface area contributed by atoms with E-state index in [1.807, 2.05) is 0 Å². The normalized spacial score (nSPS) is 19.5. The summed E-state index contributed by atoms with van der Waals surface area (Å²) in [7, 11) is 0. The fourth-order valence-electron chi connectivity index (χ4n) is 16.5. The summed E-state index contributed by atoms with van der Waals surface area (Å²) in [6.07, 6.45) is 5.27. The molecular formula is C79H70Br2. The molecule has 2 spiro atoms. The van der Waals surface area contributed by atoms with Crippen molar-refractivity contribution in [2.45, 2.75) is 130 Å². The quantitative estimate of drug-likeness (QED) is 0.162. The SMILES string of the molecule is CC1=CC2c3cc(C)c(C)cc3C3(c4cc(Br)ccc4-c4cc5c(cc43)-c3cc4c(cc3C5(c3ccc(C(C)(C)C)cc3)c3ccc(C(C)(C)C)cc3)-c3ccc(Br)cc3C43c4cc(C)c(C)cc4-c4cc(C)c(C)cc43)C2C=C1C. The first-order valence-corrected chi connectivity index (χ1v) is 31.0.